The Balaban J connectivity index is 1.39. The van der Waals surface area contributed by atoms with Crippen LogP contribution in [0.1, 0.15) is 55.2 Å². The SMILES string of the molecule is Cc1cc(C)c(NC(=O)COC(=O)C23C[C@H]4C[C@@H](CC(Br)(C4)C2)C3)c(C)c1. The molecule has 0 aliphatic heterocycles. The van der Waals surface area contributed by atoms with Crippen LogP contribution in [-0.2, 0) is 14.3 Å². The fourth-order valence-electron chi connectivity index (χ4n) is 6.23. The summed E-state index contributed by atoms with van der Waals surface area (Å²) in [5.41, 5.74) is 3.64. The standard InChI is InChI=1S/C22H28BrNO3/c1-13-4-14(2)19(15(3)5-13)24-18(25)11-27-20(26)21-7-16-6-17(8-21)10-22(23,9-16)12-21/h4-5,16-17H,6-12H2,1-3H3,(H,24,25)/t16-,17-,21?,22?/m1/s1. The minimum Gasteiger partial charge on any atom is -0.455 e. The van der Waals surface area contributed by atoms with Gasteiger partial charge in [-0.25, -0.2) is 0 Å². The van der Waals surface area contributed by atoms with Crippen molar-refractivity contribution in [2.75, 3.05) is 11.9 Å². The van der Waals surface area contributed by atoms with E-state index in [4.69, 9.17) is 4.74 Å². The second kappa shape index (κ2) is 6.61. The smallest absolute Gasteiger partial charge is 0.312 e. The zero-order valence-corrected chi connectivity index (χ0v) is 17.9. The van der Waals surface area contributed by atoms with E-state index < -0.39 is 0 Å². The van der Waals surface area contributed by atoms with Crippen molar-refractivity contribution in [3.8, 4) is 0 Å². The lowest BCUT2D eigenvalue weighted by atomic mass is 9.49. The van der Waals surface area contributed by atoms with Crippen molar-refractivity contribution in [2.24, 2.45) is 17.3 Å². The number of nitrogens with one attached hydrogen (secondary N) is 1. The van der Waals surface area contributed by atoms with E-state index in [1.54, 1.807) is 0 Å². The molecule has 0 unspecified atom stereocenters. The lowest BCUT2D eigenvalue weighted by Crippen LogP contribution is -2.56. The van der Waals surface area contributed by atoms with Crippen molar-refractivity contribution in [2.45, 2.75) is 63.6 Å². The third kappa shape index (κ3) is 3.55. The zero-order valence-electron chi connectivity index (χ0n) is 16.4. The van der Waals surface area contributed by atoms with Crippen molar-refractivity contribution in [3.63, 3.8) is 0 Å². The summed E-state index contributed by atoms with van der Waals surface area (Å²) in [4.78, 5) is 25.3. The molecule has 0 spiro atoms. The maximum atomic E-state index is 13.0. The predicted octanol–water partition coefficient (Wildman–Crippen LogP) is 4.83. The van der Waals surface area contributed by atoms with Gasteiger partial charge in [0.25, 0.3) is 5.91 Å². The highest BCUT2D eigenvalue weighted by molar-refractivity contribution is 9.10. The van der Waals surface area contributed by atoms with Gasteiger partial charge in [-0.2, -0.15) is 0 Å². The molecule has 0 heterocycles. The summed E-state index contributed by atoms with van der Waals surface area (Å²) in [6.45, 7) is 5.78. The van der Waals surface area contributed by atoms with Gasteiger partial charge in [0.2, 0.25) is 0 Å². The van der Waals surface area contributed by atoms with Crippen molar-refractivity contribution >= 4 is 33.5 Å². The predicted molar refractivity (Wildman–Crippen MR) is 109 cm³/mol. The van der Waals surface area contributed by atoms with Crippen LogP contribution in [0.5, 0.6) is 0 Å². The molecule has 4 saturated carbocycles. The van der Waals surface area contributed by atoms with Gasteiger partial charge in [-0.15, -0.1) is 0 Å². The van der Waals surface area contributed by atoms with E-state index >= 15 is 0 Å². The number of esters is 1. The van der Waals surface area contributed by atoms with E-state index in [0.717, 1.165) is 36.1 Å². The number of hydrogen-bond acceptors (Lipinski definition) is 3. The van der Waals surface area contributed by atoms with Crippen molar-refractivity contribution in [1.82, 2.24) is 0 Å². The molecular formula is C22H28BrNO3. The number of alkyl halides is 1. The Hall–Kier alpha value is -1.36. The molecule has 1 amide bonds. The van der Waals surface area contributed by atoms with Gasteiger partial charge < -0.3 is 10.1 Å². The van der Waals surface area contributed by atoms with E-state index in [2.05, 4.69) is 21.2 Å². The molecular weight excluding hydrogens is 406 g/mol. The fourth-order valence-corrected chi connectivity index (χ4v) is 7.68. The fraction of sp³-hybridized carbons (Fsp3) is 0.636. The minimum atomic E-state index is -0.385. The van der Waals surface area contributed by atoms with E-state index in [9.17, 15) is 9.59 Å². The Kier molecular flexibility index (Phi) is 4.65. The number of ether oxygens (including phenoxy) is 1. The Morgan fingerprint density at radius 1 is 1.11 bits per heavy atom. The van der Waals surface area contributed by atoms with Crippen molar-refractivity contribution in [1.29, 1.82) is 0 Å². The van der Waals surface area contributed by atoms with E-state index in [1.807, 2.05) is 32.9 Å². The summed E-state index contributed by atoms with van der Waals surface area (Å²) < 4.78 is 5.64. The van der Waals surface area contributed by atoms with Crippen LogP contribution in [-0.4, -0.2) is 22.8 Å². The molecule has 1 aromatic rings. The molecule has 0 radical (unpaired) electrons. The van der Waals surface area contributed by atoms with Gasteiger partial charge in [0, 0.05) is 10.0 Å². The van der Waals surface area contributed by atoms with Crippen LogP contribution in [0.25, 0.3) is 0 Å². The first kappa shape index (κ1) is 19.0. The first-order valence-electron chi connectivity index (χ1n) is 9.92. The topological polar surface area (TPSA) is 55.4 Å². The second-order valence-corrected chi connectivity index (χ2v) is 11.0. The molecule has 1 aromatic carbocycles. The van der Waals surface area contributed by atoms with Crippen LogP contribution in [0.2, 0.25) is 0 Å². The zero-order chi connectivity index (χ0) is 19.4. The summed E-state index contributed by atoms with van der Waals surface area (Å²) in [5, 5.41) is 2.92. The molecule has 4 bridgehead atoms. The Morgan fingerprint density at radius 2 is 1.70 bits per heavy atom. The molecule has 4 aliphatic carbocycles. The van der Waals surface area contributed by atoms with Crippen LogP contribution in [0.4, 0.5) is 5.69 Å². The highest BCUT2D eigenvalue weighted by Gasteiger charge is 2.60. The monoisotopic (exact) mass is 433 g/mol. The first-order valence-corrected chi connectivity index (χ1v) is 10.7. The van der Waals surface area contributed by atoms with Gasteiger partial charge in [-0.3, -0.25) is 9.59 Å². The number of aryl methyl sites for hydroxylation is 3. The number of hydrogen-bond donors (Lipinski definition) is 1. The number of benzene rings is 1. The van der Waals surface area contributed by atoms with Gasteiger partial charge in [0.15, 0.2) is 6.61 Å². The van der Waals surface area contributed by atoms with E-state index in [-0.39, 0.29) is 28.2 Å². The van der Waals surface area contributed by atoms with E-state index in [0.29, 0.717) is 11.8 Å². The Morgan fingerprint density at radius 3 is 2.26 bits per heavy atom. The highest BCUT2D eigenvalue weighted by atomic mass is 79.9. The average Bonchev–Trinajstić information content (AvgIpc) is 2.53. The molecule has 5 rings (SSSR count). The van der Waals surface area contributed by atoms with Crippen molar-refractivity contribution < 1.29 is 14.3 Å². The van der Waals surface area contributed by atoms with Gasteiger partial charge in [0.1, 0.15) is 0 Å². The molecule has 146 valence electrons. The van der Waals surface area contributed by atoms with E-state index in [1.165, 1.54) is 24.8 Å². The molecule has 27 heavy (non-hydrogen) atoms. The molecule has 4 aliphatic rings. The van der Waals surface area contributed by atoms with Gasteiger partial charge >= 0.3 is 5.97 Å². The van der Waals surface area contributed by atoms with Crippen LogP contribution < -0.4 is 5.32 Å². The van der Waals surface area contributed by atoms with Gasteiger partial charge in [-0.1, -0.05) is 33.6 Å². The molecule has 1 N–H and O–H groups in total. The number of rotatable bonds is 4. The minimum absolute atomic E-state index is 0.106. The maximum Gasteiger partial charge on any atom is 0.312 e. The second-order valence-electron chi connectivity index (χ2n) is 9.29. The molecule has 0 saturated heterocycles. The lowest BCUT2D eigenvalue weighted by molar-refractivity contribution is -0.170. The largest absolute Gasteiger partial charge is 0.455 e. The summed E-state index contributed by atoms with van der Waals surface area (Å²) in [6.07, 6.45) is 6.29. The van der Waals surface area contributed by atoms with Crippen LogP contribution in [0.15, 0.2) is 12.1 Å². The lowest BCUT2D eigenvalue weighted by Gasteiger charge is -2.58. The number of carbonyl (C=O) groups excluding carboxylic acids is 2. The summed E-state index contributed by atoms with van der Waals surface area (Å²) in [5.74, 6) is 0.791. The van der Waals surface area contributed by atoms with Crippen LogP contribution >= 0.6 is 15.9 Å². The molecule has 2 atom stereocenters. The molecule has 4 nitrogen and oxygen atoms in total. The third-order valence-electron chi connectivity index (χ3n) is 6.70. The normalized spacial score (nSPS) is 33.8. The highest BCUT2D eigenvalue weighted by Crippen LogP contribution is 2.64. The number of amides is 1. The third-order valence-corrected chi connectivity index (χ3v) is 7.63. The summed E-state index contributed by atoms with van der Waals surface area (Å²) >= 11 is 3.92. The van der Waals surface area contributed by atoms with Crippen molar-refractivity contribution in [3.05, 3.63) is 28.8 Å². The Labute approximate surface area is 169 Å². The molecule has 5 heteroatoms. The maximum absolute atomic E-state index is 13.0. The number of halogens is 1. The Bertz CT molecular complexity index is 766. The average molecular weight is 434 g/mol. The molecule has 4 fully saturated rings. The van der Waals surface area contributed by atoms with Crippen LogP contribution in [0.3, 0.4) is 0 Å². The quantitative estimate of drug-likeness (QED) is 0.546. The van der Waals surface area contributed by atoms with Gasteiger partial charge in [-0.05, 0) is 82.3 Å². The molecule has 0 aromatic heterocycles. The first-order chi connectivity index (χ1) is 12.7. The van der Waals surface area contributed by atoms with Gasteiger partial charge in [0.05, 0.1) is 5.41 Å². The summed E-state index contributed by atoms with van der Waals surface area (Å²) in [7, 11) is 0. The van der Waals surface area contributed by atoms with Crippen LogP contribution in [0, 0.1) is 38.0 Å². The summed E-state index contributed by atoms with van der Waals surface area (Å²) in [6, 6.07) is 4.08. The number of anilines is 1. The number of carbonyl (C=O) groups is 2.